The molecule has 2 aliphatic rings. The van der Waals surface area contributed by atoms with Crippen molar-refractivity contribution in [3.05, 3.63) is 0 Å². The Labute approximate surface area is 365 Å². The number of halogens is 3. The minimum atomic E-state index is -4.55. The topological polar surface area (TPSA) is 173 Å². The van der Waals surface area contributed by atoms with Gasteiger partial charge in [-0.2, -0.15) is 13.2 Å². The predicted molar refractivity (Wildman–Crippen MR) is 231 cm³/mol. The van der Waals surface area contributed by atoms with Crippen molar-refractivity contribution in [2.45, 2.75) is 230 Å². The van der Waals surface area contributed by atoms with Crippen molar-refractivity contribution in [3.8, 4) is 0 Å². The third kappa shape index (κ3) is 23.5. The summed E-state index contributed by atoms with van der Waals surface area (Å²) in [5, 5.41) is 62.7. The molecule has 15 heteroatoms. The van der Waals surface area contributed by atoms with E-state index in [1.165, 1.54) is 44.9 Å². The summed E-state index contributed by atoms with van der Waals surface area (Å²) in [7, 11) is 0. The van der Waals surface area contributed by atoms with E-state index in [4.69, 9.17) is 14.2 Å². The molecule has 2 rings (SSSR count). The van der Waals surface area contributed by atoms with E-state index in [0.29, 0.717) is 32.4 Å². The molecule has 2 aliphatic heterocycles. The third-order valence-electron chi connectivity index (χ3n) is 12.4. The second-order valence-electron chi connectivity index (χ2n) is 18.9. The van der Waals surface area contributed by atoms with Crippen molar-refractivity contribution < 1.29 is 62.8 Å². The fourth-order valence-electron chi connectivity index (χ4n) is 8.46. The Kier molecular flexibility index (Phi) is 28.2. The quantitative estimate of drug-likeness (QED) is 0.0364. The second-order valence-corrected chi connectivity index (χ2v) is 18.9. The molecule has 0 saturated carbocycles. The number of piperazine rings is 1. The van der Waals surface area contributed by atoms with Crippen molar-refractivity contribution in [2.24, 2.45) is 11.8 Å². The van der Waals surface area contributed by atoms with Crippen LogP contribution >= 0.6 is 0 Å². The van der Waals surface area contributed by atoms with Crippen molar-refractivity contribution in [1.29, 1.82) is 0 Å². The van der Waals surface area contributed by atoms with Crippen LogP contribution in [-0.4, -0.2) is 147 Å². The Morgan fingerprint density at radius 1 is 0.705 bits per heavy atom. The number of amides is 1. The molecule has 362 valence electrons. The molecule has 61 heavy (non-hydrogen) atoms. The lowest BCUT2D eigenvalue weighted by Crippen LogP contribution is -2.59. The van der Waals surface area contributed by atoms with Gasteiger partial charge in [-0.3, -0.25) is 4.90 Å². The first-order valence-electron chi connectivity index (χ1n) is 24.0. The molecule has 2 saturated heterocycles. The average Bonchev–Trinajstić information content (AvgIpc) is 3.21. The number of carbonyl (C=O) groups is 1. The molecule has 9 unspecified atom stereocenters. The minimum absolute atomic E-state index is 0.136. The highest BCUT2D eigenvalue weighted by Crippen LogP contribution is 2.37. The summed E-state index contributed by atoms with van der Waals surface area (Å²) < 4.78 is 60.0. The van der Waals surface area contributed by atoms with E-state index in [1.807, 2.05) is 20.8 Å². The maximum Gasteiger partial charge on any atom is 0.410 e. The monoisotopic (exact) mass is 885 g/mol. The van der Waals surface area contributed by atoms with Gasteiger partial charge in [0.25, 0.3) is 0 Å². The highest BCUT2D eigenvalue weighted by atomic mass is 19.4. The van der Waals surface area contributed by atoms with Gasteiger partial charge in [-0.25, -0.2) is 4.79 Å². The molecule has 0 aromatic heterocycles. The highest BCUT2D eigenvalue weighted by Gasteiger charge is 2.46. The van der Waals surface area contributed by atoms with E-state index < -0.39 is 86.2 Å². The number of nitrogens with zero attached hydrogens (tertiary/aromatic N) is 2. The van der Waals surface area contributed by atoms with E-state index in [2.05, 4.69) is 11.8 Å². The van der Waals surface area contributed by atoms with Crippen LogP contribution in [0.5, 0.6) is 0 Å². The van der Waals surface area contributed by atoms with Gasteiger partial charge in [0.2, 0.25) is 0 Å². The summed E-state index contributed by atoms with van der Waals surface area (Å²) in [6.45, 7) is 10.5. The number of rotatable bonds is 32. The van der Waals surface area contributed by atoms with Crippen molar-refractivity contribution >= 4 is 6.09 Å². The molecular formula is C46H87F3N2O10. The standard InChI is InChI=1S/C46H87F3N2O10/c1-5-6-7-8-9-10-11-12-13-17-20-23-26-37(53)39(54)35(34-59-43-42(57)41(56)40(55)38(33-52)60-43)32-36(46(47,48)49)25-22-19-16-14-15-18-21-24-27-50-28-30-51(31-29-50)44(58)61-45(2,3)4/h35-43,52-57H,5-34H2,1-4H3. The number of ether oxygens (including phenoxy) is 3. The van der Waals surface area contributed by atoms with Crippen LogP contribution in [0.2, 0.25) is 0 Å². The summed E-state index contributed by atoms with van der Waals surface area (Å²) in [5.41, 5.74) is -0.509. The zero-order valence-electron chi connectivity index (χ0n) is 38.3. The SMILES string of the molecule is CCCCCCCCCCCCCCC(O)C(O)C(COC1OC(CO)C(O)C(O)C1O)CC(CCCCCCCCCCN1CCN(C(=O)OC(C)(C)C)CC1)C(F)(F)F. The fraction of sp³-hybridized carbons (Fsp3) is 0.978. The molecular weight excluding hydrogens is 798 g/mol. The number of aliphatic hydroxyl groups excluding tert-OH is 6. The predicted octanol–water partition coefficient (Wildman–Crippen LogP) is 7.86. The van der Waals surface area contributed by atoms with Crippen LogP contribution in [0.1, 0.15) is 175 Å². The first-order chi connectivity index (χ1) is 29.0. The summed E-state index contributed by atoms with van der Waals surface area (Å²) in [5.74, 6) is -2.92. The van der Waals surface area contributed by atoms with Gasteiger partial charge in [0.05, 0.1) is 31.3 Å². The zero-order chi connectivity index (χ0) is 45.3. The molecule has 1 amide bonds. The van der Waals surface area contributed by atoms with Crippen LogP contribution in [0, 0.1) is 11.8 Å². The molecule has 2 fully saturated rings. The molecule has 2 heterocycles. The Morgan fingerprint density at radius 3 is 1.69 bits per heavy atom. The Morgan fingerprint density at radius 2 is 1.20 bits per heavy atom. The summed E-state index contributed by atoms with van der Waals surface area (Å²) in [4.78, 5) is 16.4. The number of aliphatic hydroxyl groups is 6. The van der Waals surface area contributed by atoms with Crippen LogP contribution in [0.25, 0.3) is 0 Å². The first-order valence-corrected chi connectivity index (χ1v) is 24.0. The number of unbranched alkanes of at least 4 members (excludes halogenated alkanes) is 18. The van der Waals surface area contributed by atoms with Crippen molar-refractivity contribution in [1.82, 2.24) is 9.80 Å². The highest BCUT2D eigenvalue weighted by molar-refractivity contribution is 5.68. The molecule has 0 aliphatic carbocycles. The van der Waals surface area contributed by atoms with Gasteiger partial charge in [-0.05, 0) is 53.0 Å². The van der Waals surface area contributed by atoms with Crippen LogP contribution in [0.3, 0.4) is 0 Å². The maximum atomic E-state index is 14.5. The fourth-order valence-corrected chi connectivity index (χ4v) is 8.46. The van der Waals surface area contributed by atoms with E-state index in [0.717, 1.165) is 83.8 Å². The van der Waals surface area contributed by atoms with E-state index in [-0.39, 0.29) is 18.9 Å². The Balaban J connectivity index is 1.79. The smallest absolute Gasteiger partial charge is 0.410 e. The lowest BCUT2D eigenvalue weighted by Gasteiger charge is -2.40. The maximum absolute atomic E-state index is 14.5. The van der Waals surface area contributed by atoms with E-state index in [9.17, 15) is 48.6 Å². The molecule has 0 aromatic carbocycles. The minimum Gasteiger partial charge on any atom is -0.444 e. The largest absolute Gasteiger partial charge is 0.444 e. The number of alkyl halides is 3. The van der Waals surface area contributed by atoms with Crippen LogP contribution in [0.15, 0.2) is 0 Å². The second kappa shape index (κ2) is 30.8. The van der Waals surface area contributed by atoms with Gasteiger partial charge in [0, 0.05) is 32.1 Å². The van der Waals surface area contributed by atoms with Crippen LogP contribution in [0.4, 0.5) is 18.0 Å². The summed E-state index contributed by atoms with van der Waals surface area (Å²) >= 11 is 0. The Hall–Kier alpha value is -1.30. The molecule has 12 nitrogen and oxygen atoms in total. The Bertz CT molecular complexity index is 1110. The molecule has 0 aromatic rings. The molecule has 0 spiro atoms. The molecule has 9 atom stereocenters. The van der Waals surface area contributed by atoms with Gasteiger partial charge in [0.1, 0.15) is 30.0 Å². The van der Waals surface area contributed by atoms with E-state index >= 15 is 0 Å². The third-order valence-corrected chi connectivity index (χ3v) is 12.4. The zero-order valence-corrected chi connectivity index (χ0v) is 38.3. The number of hydrogen-bond donors (Lipinski definition) is 6. The van der Waals surface area contributed by atoms with Gasteiger partial charge >= 0.3 is 12.3 Å². The van der Waals surface area contributed by atoms with Crippen molar-refractivity contribution in [2.75, 3.05) is 45.9 Å². The summed E-state index contributed by atoms with van der Waals surface area (Å²) in [6.07, 6.45) is 4.47. The van der Waals surface area contributed by atoms with E-state index in [1.54, 1.807) is 4.90 Å². The first kappa shape index (κ1) is 55.8. The van der Waals surface area contributed by atoms with Gasteiger partial charge in [-0.1, -0.05) is 129 Å². The van der Waals surface area contributed by atoms with Gasteiger partial charge in [0.15, 0.2) is 6.29 Å². The number of hydrogen-bond acceptors (Lipinski definition) is 11. The molecule has 0 bridgehead atoms. The van der Waals surface area contributed by atoms with Gasteiger partial charge in [-0.15, -0.1) is 0 Å². The van der Waals surface area contributed by atoms with Crippen LogP contribution < -0.4 is 0 Å². The number of carbonyl (C=O) groups excluding carboxylic acids is 1. The van der Waals surface area contributed by atoms with Gasteiger partial charge < -0.3 is 49.7 Å². The molecule has 6 N–H and O–H groups in total. The normalized spacial score (nSPS) is 23.8. The van der Waals surface area contributed by atoms with Crippen molar-refractivity contribution in [3.63, 3.8) is 0 Å². The van der Waals surface area contributed by atoms with Crippen LogP contribution in [-0.2, 0) is 14.2 Å². The lowest BCUT2D eigenvalue weighted by molar-refractivity contribution is -0.305. The summed E-state index contributed by atoms with van der Waals surface area (Å²) in [6, 6.07) is 0. The molecule has 0 radical (unpaired) electrons. The average molecular weight is 885 g/mol. The lowest BCUT2D eigenvalue weighted by atomic mass is 9.84.